The predicted molar refractivity (Wildman–Crippen MR) is 73.2 cm³/mol. The van der Waals surface area contributed by atoms with Gasteiger partial charge in [-0.3, -0.25) is 4.79 Å². The molecular weight excluding hydrogens is 256 g/mol. The summed E-state index contributed by atoms with van der Waals surface area (Å²) < 4.78 is 5.25. The lowest BCUT2D eigenvalue weighted by molar-refractivity contribution is -0.133. The van der Waals surface area contributed by atoms with Gasteiger partial charge < -0.3 is 14.7 Å². The van der Waals surface area contributed by atoms with Gasteiger partial charge in [-0.15, -0.1) is 0 Å². The van der Waals surface area contributed by atoms with Crippen molar-refractivity contribution < 1.29 is 9.32 Å². The average molecular weight is 278 g/mol. The zero-order chi connectivity index (χ0) is 13.9. The number of nitrogens with one attached hydrogen (secondary N) is 1. The van der Waals surface area contributed by atoms with E-state index in [0.717, 1.165) is 32.4 Å². The molecule has 2 aliphatic heterocycles. The van der Waals surface area contributed by atoms with Crippen molar-refractivity contribution in [2.24, 2.45) is 0 Å². The molecule has 0 saturated carbocycles. The van der Waals surface area contributed by atoms with Crippen LogP contribution in [0.2, 0.25) is 0 Å². The maximum Gasteiger partial charge on any atom is 0.231 e. The molecule has 20 heavy (non-hydrogen) atoms. The molecule has 1 aromatic heterocycles. The van der Waals surface area contributed by atoms with Gasteiger partial charge in [0.15, 0.2) is 5.82 Å². The summed E-state index contributed by atoms with van der Waals surface area (Å²) in [4.78, 5) is 18.6. The van der Waals surface area contributed by atoms with E-state index in [1.807, 2.05) is 11.8 Å². The molecule has 2 atom stereocenters. The van der Waals surface area contributed by atoms with Crippen LogP contribution in [0.15, 0.2) is 4.52 Å². The van der Waals surface area contributed by atoms with Crippen LogP contribution in [-0.4, -0.2) is 46.6 Å². The lowest BCUT2D eigenvalue weighted by Gasteiger charge is -2.31. The molecular formula is C14H22N4O2. The van der Waals surface area contributed by atoms with Crippen molar-refractivity contribution in [3.05, 3.63) is 11.7 Å². The summed E-state index contributed by atoms with van der Waals surface area (Å²) in [6.07, 6.45) is 4.95. The summed E-state index contributed by atoms with van der Waals surface area (Å²) in [7, 11) is 0. The highest BCUT2D eigenvalue weighted by atomic mass is 16.5. The number of carbonyl (C=O) groups is 1. The van der Waals surface area contributed by atoms with Gasteiger partial charge in [0.1, 0.15) is 0 Å². The highest BCUT2D eigenvalue weighted by Crippen LogP contribution is 2.26. The lowest BCUT2D eigenvalue weighted by Crippen LogP contribution is -2.41. The Morgan fingerprint density at radius 2 is 2.35 bits per heavy atom. The number of aryl methyl sites for hydroxylation is 1. The van der Waals surface area contributed by atoms with Crippen molar-refractivity contribution >= 4 is 5.91 Å². The molecule has 6 heteroatoms. The highest BCUT2D eigenvalue weighted by molar-refractivity contribution is 5.77. The van der Waals surface area contributed by atoms with Gasteiger partial charge >= 0.3 is 0 Å². The van der Waals surface area contributed by atoms with Gasteiger partial charge in [-0.2, -0.15) is 4.98 Å². The van der Waals surface area contributed by atoms with Crippen molar-refractivity contribution in [2.45, 2.75) is 51.0 Å². The monoisotopic (exact) mass is 278 g/mol. The minimum Gasteiger partial charge on any atom is -0.342 e. The minimum atomic E-state index is 0.199. The third-order valence-corrected chi connectivity index (χ3v) is 4.25. The summed E-state index contributed by atoms with van der Waals surface area (Å²) in [5.41, 5.74) is 0. The molecule has 0 aliphatic carbocycles. The van der Waals surface area contributed by atoms with Gasteiger partial charge in [0.05, 0.1) is 5.92 Å². The van der Waals surface area contributed by atoms with Crippen LogP contribution in [0.25, 0.3) is 0 Å². The number of aromatic nitrogens is 2. The molecule has 1 N–H and O–H groups in total. The number of likely N-dealkylation sites (tertiary alicyclic amines) is 1. The molecule has 110 valence electrons. The van der Waals surface area contributed by atoms with Gasteiger partial charge in [-0.25, -0.2) is 0 Å². The second-order valence-corrected chi connectivity index (χ2v) is 5.86. The van der Waals surface area contributed by atoms with Gasteiger partial charge in [0.2, 0.25) is 11.8 Å². The van der Waals surface area contributed by atoms with Crippen LogP contribution in [0.1, 0.15) is 49.7 Å². The lowest BCUT2D eigenvalue weighted by atomic mass is 9.97. The van der Waals surface area contributed by atoms with Gasteiger partial charge in [0, 0.05) is 25.6 Å². The Morgan fingerprint density at radius 3 is 3.05 bits per heavy atom. The number of hydrogen-bond acceptors (Lipinski definition) is 5. The Balaban J connectivity index is 1.58. The fourth-order valence-corrected chi connectivity index (χ4v) is 3.16. The predicted octanol–water partition coefficient (Wildman–Crippen LogP) is 1.23. The molecule has 0 radical (unpaired) electrons. The van der Waals surface area contributed by atoms with Crippen molar-refractivity contribution in [3.8, 4) is 0 Å². The van der Waals surface area contributed by atoms with Crippen LogP contribution in [0, 0.1) is 6.92 Å². The van der Waals surface area contributed by atoms with E-state index < -0.39 is 0 Å². The van der Waals surface area contributed by atoms with Crippen LogP contribution in [-0.2, 0) is 4.79 Å². The Kier molecular flexibility index (Phi) is 4.00. The van der Waals surface area contributed by atoms with Gasteiger partial charge in [-0.05, 0) is 39.2 Å². The van der Waals surface area contributed by atoms with E-state index in [0.29, 0.717) is 30.7 Å². The summed E-state index contributed by atoms with van der Waals surface area (Å²) in [5.74, 6) is 1.80. The molecule has 6 nitrogen and oxygen atoms in total. The number of amides is 1. The number of piperidine rings is 1. The second kappa shape index (κ2) is 5.91. The summed E-state index contributed by atoms with van der Waals surface area (Å²) in [6, 6.07) is 0.369. The van der Waals surface area contributed by atoms with E-state index in [1.54, 1.807) is 0 Å². The Bertz CT molecular complexity index is 467. The number of rotatable bonds is 3. The van der Waals surface area contributed by atoms with Crippen LogP contribution in [0.3, 0.4) is 0 Å². The molecule has 0 aromatic carbocycles. The molecule has 2 unspecified atom stereocenters. The average Bonchev–Trinajstić information content (AvgIpc) is 3.10. The summed E-state index contributed by atoms with van der Waals surface area (Å²) in [5, 5.41) is 7.23. The summed E-state index contributed by atoms with van der Waals surface area (Å²) >= 11 is 0. The standard InChI is InChI=1S/C14H22N4O2/c1-10-16-14(20-17-10)11-4-3-7-18(9-11)13(19)8-12-5-2-6-15-12/h11-12,15H,2-9H2,1H3. The Labute approximate surface area is 118 Å². The van der Waals surface area contributed by atoms with Crippen LogP contribution in [0.5, 0.6) is 0 Å². The quantitative estimate of drug-likeness (QED) is 0.900. The van der Waals surface area contributed by atoms with Crippen molar-refractivity contribution in [1.82, 2.24) is 20.4 Å². The Hall–Kier alpha value is -1.43. The van der Waals surface area contributed by atoms with E-state index in [2.05, 4.69) is 15.5 Å². The minimum absolute atomic E-state index is 0.199. The number of hydrogen-bond donors (Lipinski definition) is 1. The van der Waals surface area contributed by atoms with Crippen LogP contribution >= 0.6 is 0 Å². The maximum atomic E-state index is 12.4. The molecule has 1 amide bonds. The van der Waals surface area contributed by atoms with Crippen LogP contribution in [0.4, 0.5) is 0 Å². The fourth-order valence-electron chi connectivity index (χ4n) is 3.16. The first kappa shape index (κ1) is 13.5. The van der Waals surface area contributed by atoms with E-state index in [4.69, 9.17) is 4.52 Å². The molecule has 1 aromatic rings. The van der Waals surface area contributed by atoms with E-state index >= 15 is 0 Å². The maximum absolute atomic E-state index is 12.4. The molecule has 0 bridgehead atoms. The van der Waals surface area contributed by atoms with E-state index in [-0.39, 0.29) is 11.8 Å². The largest absolute Gasteiger partial charge is 0.342 e. The second-order valence-electron chi connectivity index (χ2n) is 5.86. The molecule has 2 aliphatic rings. The molecule has 3 heterocycles. The SMILES string of the molecule is Cc1noc(C2CCCN(C(=O)CC3CCCN3)C2)n1. The van der Waals surface area contributed by atoms with E-state index in [9.17, 15) is 4.79 Å². The van der Waals surface area contributed by atoms with Crippen molar-refractivity contribution in [2.75, 3.05) is 19.6 Å². The fraction of sp³-hybridized carbons (Fsp3) is 0.786. The third kappa shape index (κ3) is 3.00. The first-order chi connectivity index (χ1) is 9.72. The van der Waals surface area contributed by atoms with Crippen molar-refractivity contribution in [1.29, 1.82) is 0 Å². The summed E-state index contributed by atoms with van der Waals surface area (Å²) in [6.45, 7) is 4.44. The Morgan fingerprint density at radius 1 is 1.45 bits per heavy atom. The topological polar surface area (TPSA) is 71.3 Å². The van der Waals surface area contributed by atoms with Crippen molar-refractivity contribution in [3.63, 3.8) is 0 Å². The van der Waals surface area contributed by atoms with Crippen LogP contribution < -0.4 is 5.32 Å². The molecule has 3 rings (SSSR count). The highest BCUT2D eigenvalue weighted by Gasteiger charge is 2.29. The number of carbonyl (C=O) groups excluding carboxylic acids is 1. The van der Waals surface area contributed by atoms with Gasteiger partial charge in [0.25, 0.3) is 0 Å². The van der Waals surface area contributed by atoms with E-state index in [1.165, 1.54) is 6.42 Å². The molecule has 2 fully saturated rings. The smallest absolute Gasteiger partial charge is 0.231 e. The molecule has 2 saturated heterocycles. The third-order valence-electron chi connectivity index (χ3n) is 4.25. The zero-order valence-electron chi connectivity index (χ0n) is 12.0. The zero-order valence-corrected chi connectivity index (χ0v) is 12.0. The number of nitrogens with zero attached hydrogens (tertiary/aromatic N) is 3. The molecule has 0 spiro atoms. The first-order valence-corrected chi connectivity index (χ1v) is 7.54. The normalized spacial score (nSPS) is 26.9. The van der Waals surface area contributed by atoms with Gasteiger partial charge in [-0.1, -0.05) is 5.16 Å². The first-order valence-electron chi connectivity index (χ1n) is 7.54.